The number of anilines is 1. The van der Waals surface area contributed by atoms with Crippen LogP contribution in [0.2, 0.25) is 0 Å². The van der Waals surface area contributed by atoms with Crippen molar-refractivity contribution in [2.45, 2.75) is 19.9 Å². The minimum atomic E-state index is -1.12. The molecule has 6 N–H and O–H groups in total. The Bertz CT molecular complexity index is 857. The molecule has 0 aliphatic rings. The topological polar surface area (TPSA) is 177 Å². The van der Waals surface area contributed by atoms with Crippen molar-refractivity contribution in [2.75, 3.05) is 25.2 Å². The Kier molecular flexibility index (Phi) is 9.98. The lowest BCUT2D eigenvalue weighted by Crippen LogP contribution is -2.54. The maximum atomic E-state index is 12.3. The molecule has 0 bridgehead atoms. The number of carbonyl (C=O) groups excluding carboxylic acids is 4. The first-order valence-electron chi connectivity index (χ1n) is 8.89. The molecular formula is C18H25N7O5S. The van der Waals surface area contributed by atoms with Crippen LogP contribution in [-0.4, -0.2) is 65.7 Å². The first-order chi connectivity index (χ1) is 14.5. The van der Waals surface area contributed by atoms with Crippen LogP contribution in [0.4, 0.5) is 10.5 Å². The number of guanidine groups is 2. The molecule has 0 aliphatic carbocycles. The van der Waals surface area contributed by atoms with Gasteiger partial charge in [-0.15, -0.1) is 0 Å². The van der Waals surface area contributed by atoms with Crippen LogP contribution >= 0.6 is 11.8 Å². The van der Waals surface area contributed by atoms with E-state index in [2.05, 4.69) is 21.3 Å². The van der Waals surface area contributed by atoms with Crippen molar-refractivity contribution < 1.29 is 23.9 Å². The second-order valence-electron chi connectivity index (χ2n) is 6.35. The van der Waals surface area contributed by atoms with E-state index in [4.69, 9.17) is 15.6 Å². The zero-order chi connectivity index (χ0) is 23.6. The molecule has 0 fully saturated rings. The van der Waals surface area contributed by atoms with Gasteiger partial charge in [-0.2, -0.15) is 0 Å². The molecule has 168 valence electrons. The van der Waals surface area contributed by atoms with Crippen molar-refractivity contribution in [3.8, 4) is 5.75 Å². The second-order valence-corrected chi connectivity index (χ2v) is 7.31. The van der Waals surface area contributed by atoms with Gasteiger partial charge in [0.05, 0.1) is 0 Å². The van der Waals surface area contributed by atoms with Gasteiger partial charge in [0.2, 0.25) is 23.7 Å². The first-order valence-corrected chi connectivity index (χ1v) is 9.88. The van der Waals surface area contributed by atoms with E-state index in [0.29, 0.717) is 17.4 Å². The molecule has 0 saturated carbocycles. The van der Waals surface area contributed by atoms with Crippen LogP contribution < -0.4 is 26.0 Å². The Hall–Kier alpha value is -3.61. The Morgan fingerprint density at radius 1 is 1.03 bits per heavy atom. The van der Waals surface area contributed by atoms with Gasteiger partial charge in [0.15, 0.2) is 5.96 Å². The fourth-order valence-corrected chi connectivity index (χ4v) is 2.68. The summed E-state index contributed by atoms with van der Waals surface area (Å²) in [5, 5.41) is 24.1. The summed E-state index contributed by atoms with van der Waals surface area (Å²) in [6, 6.07) is 4.99. The van der Waals surface area contributed by atoms with Crippen LogP contribution in [0, 0.1) is 10.8 Å². The van der Waals surface area contributed by atoms with E-state index in [0.717, 1.165) is 0 Å². The quantitative estimate of drug-likeness (QED) is 0.206. The number of benzene rings is 1. The predicted molar refractivity (Wildman–Crippen MR) is 117 cm³/mol. The van der Waals surface area contributed by atoms with Crippen molar-refractivity contribution >= 4 is 52.4 Å². The van der Waals surface area contributed by atoms with Crippen LogP contribution in [-0.2, 0) is 14.4 Å². The summed E-state index contributed by atoms with van der Waals surface area (Å²) >= 11 is 0.663. The van der Waals surface area contributed by atoms with Crippen molar-refractivity contribution in [2.24, 2.45) is 0 Å². The zero-order valence-corrected chi connectivity index (χ0v) is 18.3. The lowest BCUT2D eigenvalue weighted by Gasteiger charge is -2.19. The Morgan fingerprint density at radius 2 is 1.65 bits per heavy atom. The summed E-state index contributed by atoms with van der Waals surface area (Å²) < 4.78 is 5.15. The van der Waals surface area contributed by atoms with Crippen molar-refractivity contribution in [3.63, 3.8) is 0 Å². The van der Waals surface area contributed by atoms with Gasteiger partial charge in [-0.3, -0.25) is 35.8 Å². The number of hydrogen-bond acceptors (Lipinski definition) is 8. The average Bonchev–Trinajstić information content (AvgIpc) is 2.65. The van der Waals surface area contributed by atoms with Gasteiger partial charge in [0, 0.05) is 39.4 Å². The Morgan fingerprint density at radius 3 is 2.16 bits per heavy atom. The highest BCUT2D eigenvalue weighted by molar-refractivity contribution is 8.13. The Labute approximate surface area is 183 Å². The lowest BCUT2D eigenvalue weighted by atomic mass is 10.3. The maximum absolute atomic E-state index is 12.3. The van der Waals surface area contributed by atoms with E-state index in [1.165, 1.54) is 30.9 Å². The fourth-order valence-electron chi connectivity index (χ4n) is 1.99. The summed E-state index contributed by atoms with van der Waals surface area (Å²) in [4.78, 5) is 48.2. The average molecular weight is 452 g/mol. The number of ether oxygens (including phenoxy) is 1. The molecule has 0 radical (unpaired) electrons. The summed E-state index contributed by atoms with van der Waals surface area (Å²) in [7, 11) is 3.17. The summed E-state index contributed by atoms with van der Waals surface area (Å²) in [5.41, 5.74) is 0.542. The predicted octanol–water partition coefficient (Wildman–Crippen LogP) is 0.519. The van der Waals surface area contributed by atoms with Crippen LogP contribution in [0.5, 0.6) is 5.75 Å². The number of amides is 3. The number of hydrogen-bond donors (Lipinski definition) is 6. The van der Waals surface area contributed by atoms with E-state index in [-0.39, 0.29) is 23.4 Å². The highest BCUT2D eigenvalue weighted by Gasteiger charge is 2.23. The highest BCUT2D eigenvalue weighted by Crippen LogP contribution is 2.18. The standard InChI is InChI=1S/C18H25N7O5S/c1-10(26)21-12-5-7-13(8-6-12)30-18(29)31-9-14(22-11(2)27)15(28)23-16(19)24-17(20)25(3)4/h5-8,14H,9H2,1-4H3,(H,21,26)(H,22,27)(H4,19,20,23,24,28). The van der Waals surface area contributed by atoms with Gasteiger partial charge in [-0.1, -0.05) is 0 Å². The SMILES string of the molecule is CC(=O)Nc1ccc(OC(=O)SCC(NC(C)=O)C(=O)NC(=N)NC(=N)N(C)C)cc1. The summed E-state index contributed by atoms with van der Waals surface area (Å²) in [6.45, 7) is 2.58. The molecule has 1 atom stereocenters. The second kappa shape index (κ2) is 12.2. The number of carbonyl (C=O) groups is 4. The van der Waals surface area contributed by atoms with Gasteiger partial charge >= 0.3 is 5.30 Å². The molecule has 1 aromatic carbocycles. The van der Waals surface area contributed by atoms with Crippen molar-refractivity contribution in [1.82, 2.24) is 20.9 Å². The molecule has 12 nitrogen and oxygen atoms in total. The van der Waals surface area contributed by atoms with Gasteiger partial charge in [0.25, 0.3) is 0 Å². The van der Waals surface area contributed by atoms with E-state index >= 15 is 0 Å². The zero-order valence-electron chi connectivity index (χ0n) is 17.5. The first kappa shape index (κ1) is 25.4. The third-order valence-corrected chi connectivity index (χ3v) is 4.20. The molecule has 1 aromatic rings. The van der Waals surface area contributed by atoms with Gasteiger partial charge in [0.1, 0.15) is 11.8 Å². The number of nitrogens with zero attached hydrogens (tertiary/aromatic N) is 1. The Balaban J connectivity index is 2.62. The van der Waals surface area contributed by atoms with E-state index in [9.17, 15) is 19.2 Å². The number of thioether (sulfide) groups is 1. The third kappa shape index (κ3) is 10.1. The molecule has 0 spiro atoms. The molecule has 1 rings (SSSR count). The van der Waals surface area contributed by atoms with Gasteiger partial charge in [-0.25, -0.2) is 4.79 Å². The minimum absolute atomic E-state index is 0.121. The fraction of sp³-hybridized carbons (Fsp3) is 0.333. The van der Waals surface area contributed by atoms with E-state index in [1.807, 2.05) is 0 Å². The van der Waals surface area contributed by atoms with Crippen LogP contribution in [0.3, 0.4) is 0 Å². The number of rotatable bonds is 6. The van der Waals surface area contributed by atoms with Gasteiger partial charge in [-0.05, 0) is 36.0 Å². The highest BCUT2D eigenvalue weighted by atomic mass is 32.2. The van der Waals surface area contributed by atoms with Crippen LogP contribution in [0.25, 0.3) is 0 Å². The molecule has 0 heterocycles. The van der Waals surface area contributed by atoms with Crippen LogP contribution in [0.15, 0.2) is 24.3 Å². The van der Waals surface area contributed by atoms with Crippen molar-refractivity contribution in [3.05, 3.63) is 24.3 Å². The molecule has 0 aliphatic heterocycles. The summed E-state index contributed by atoms with van der Waals surface area (Å²) in [6.07, 6.45) is 0. The van der Waals surface area contributed by atoms with Crippen LogP contribution in [0.1, 0.15) is 13.8 Å². The maximum Gasteiger partial charge on any atom is 0.372 e. The normalized spacial score (nSPS) is 10.8. The molecule has 13 heteroatoms. The third-order valence-electron chi connectivity index (χ3n) is 3.38. The summed E-state index contributed by atoms with van der Waals surface area (Å²) in [5.74, 6) is -1.95. The number of nitrogens with one attached hydrogen (secondary N) is 6. The molecule has 31 heavy (non-hydrogen) atoms. The molecule has 0 saturated heterocycles. The molecule has 1 unspecified atom stereocenters. The lowest BCUT2D eigenvalue weighted by molar-refractivity contribution is -0.126. The van der Waals surface area contributed by atoms with Gasteiger partial charge < -0.3 is 20.3 Å². The monoisotopic (exact) mass is 451 g/mol. The van der Waals surface area contributed by atoms with Crippen molar-refractivity contribution in [1.29, 1.82) is 10.8 Å². The molecule has 0 aromatic heterocycles. The smallest absolute Gasteiger partial charge is 0.372 e. The molecular weight excluding hydrogens is 426 g/mol. The van der Waals surface area contributed by atoms with E-state index in [1.54, 1.807) is 26.2 Å². The largest absolute Gasteiger partial charge is 0.418 e. The minimum Gasteiger partial charge on any atom is -0.418 e. The molecule has 3 amide bonds. The van der Waals surface area contributed by atoms with E-state index < -0.39 is 29.1 Å².